The summed E-state index contributed by atoms with van der Waals surface area (Å²) in [6, 6.07) is 4.17. The van der Waals surface area contributed by atoms with Crippen LogP contribution in [-0.4, -0.2) is 29.4 Å². The van der Waals surface area contributed by atoms with E-state index in [1.165, 1.54) is 37.8 Å². The first kappa shape index (κ1) is 14.7. The fourth-order valence-corrected chi connectivity index (χ4v) is 3.59. The predicted octanol–water partition coefficient (Wildman–Crippen LogP) is 3.96. The van der Waals surface area contributed by atoms with Crippen LogP contribution in [0.3, 0.4) is 0 Å². The molecular weight excluding hydrogens is 391 g/mol. The van der Waals surface area contributed by atoms with Crippen molar-refractivity contribution in [3.63, 3.8) is 0 Å². The smallest absolute Gasteiger partial charge is 0.259 e. The van der Waals surface area contributed by atoms with Crippen LogP contribution in [0.2, 0.25) is 0 Å². The molecule has 2 aromatic rings. The normalized spacial score (nSPS) is 18.4. The highest BCUT2D eigenvalue weighted by molar-refractivity contribution is 7.81. The van der Waals surface area contributed by atoms with E-state index >= 15 is 0 Å². The van der Waals surface area contributed by atoms with Gasteiger partial charge in [0.2, 0.25) is 0 Å². The summed E-state index contributed by atoms with van der Waals surface area (Å²) in [7, 11) is 0. The van der Waals surface area contributed by atoms with E-state index in [-0.39, 0.29) is 39.8 Å². The fourth-order valence-electron chi connectivity index (χ4n) is 3.08. The van der Waals surface area contributed by atoms with Crippen LogP contribution in [0.4, 0.5) is 21.5 Å². The Morgan fingerprint density at radius 3 is 2.72 bits per heavy atom. The topological polar surface area (TPSA) is 57.0 Å². The summed E-state index contributed by atoms with van der Waals surface area (Å²) in [5, 5.41) is 1.59. The van der Waals surface area contributed by atoms with Crippen LogP contribution in [0.5, 0.6) is 0 Å². The van der Waals surface area contributed by atoms with Gasteiger partial charge < -0.3 is 10.2 Å². The standard InChI is InChI=1S/C21H19FN4O2S/c1-12-10-13(7-9-17(12)23-4)25-19(28)21(2,3)26(20(25)29)14-6-8-15(16(22)11-14)18(27)24-5/h6-11H,1-3,5H3,(H,24,27)/i5D3,7D,10D. The van der Waals surface area contributed by atoms with E-state index in [1.54, 1.807) is 5.32 Å². The van der Waals surface area contributed by atoms with Crippen molar-refractivity contribution in [2.75, 3.05) is 16.8 Å². The largest absolute Gasteiger partial charge is 0.355 e. The molecule has 0 saturated carbocycles. The lowest BCUT2D eigenvalue weighted by Crippen LogP contribution is -2.44. The molecule has 1 aliphatic rings. The van der Waals surface area contributed by atoms with E-state index in [2.05, 4.69) is 4.85 Å². The van der Waals surface area contributed by atoms with Crippen molar-refractivity contribution in [3.05, 3.63) is 64.7 Å². The van der Waals surface area contributed by atoms with Gasteiger partial charge in [-0.25, -0.2) is 9.24 Å². The molecule has 1 saturated heterocycles. The van der Waals surface area contributed by atoms with Crippen molar-refractivity contribution in [2.24, 2.45) is 0 Å². The first-order valence-corrected chi connectivity index (χ1v) is 8.81. The molecule has 2 aromatic carbocycles. The Hall–Kier alpha value is -3.31. The lowest BCUT2D eigenvalue weighted by Gasteiger charge is -2.29. The van der Waals surface area contributed by atoms with E-state index in [1.807, 2.05) is 0 Å². The van der Waals surface area contributed by atoms with Gasteiger partial charge in [-0.05, 0) is 68.8 Å². The molecule has 0 aromatic heterocycles. The summed E-state index contributed by atoms with van der Waals surface area (Å²) in [4.78, 5) is 31.1. The highest BCUT2D eigenvalue weighted by Gasteiger charge is 2.50. The number of rotatable bonds is 3. The van der Waals surface area contributed by atoms with Gasteiger partial charge in [-0.1, -0.05) is 6.07 Å². The van der Waals surface area contributed by atoms with Gasteiger partial charge in [-0.3, -0.25) is 14.5 Å². The van der Waals surface area contributed by atoms with Gasteiger partial charge in [0.25, 0.3) is 11.8 Å². The number of benzene rings is 2. The maximum atomic E-state index is 14.8. The van der Waals surface area contributed by atoms with Crippen molar-refractivity contribution in [2.45, 2.75) is 26.3 Å². The maximum Gasteiger partial charge on any atom is 0.259 e. The molecule has 0 aliphatic carbocycles. The Kier molecular flexibility index (Phi) is 3.67. The summed E-state index contributed by atoms with van der Waals surface area (Å²) in [5.74, 6) is -2.72. The number of carbonyl (C=O) groups is 2. The zero-order valence-electron chi connectivity index (χ0n) is 20.8. The molecule has 3 rings (SSSR count). The van der Waals surface area contributed by atoms with Gasteiger partial charge in [0.15, 0.2) is 10.8 Å². The number of hydrogen-bond donors (Lipinski definition) is 1. The van der Waals surface area contributed by atoms with Crippen molar-refractivity contribution < 1.29 is 20.8 Å². The van der Waals surface area contributed by atoms with Crippen LogP contribution < -0.4 is 15.1 Å². The van der Waals surface area contributed by atoms with Crippen LogP contribution in [0.1, 0.15) is 36.6 Å². The Morgan fingerprint density at radius 2 is 2.10 bits per heavy atom. The number of nitrogens with one attached hydrogen (secondary N) is 1. The molecule has 1 heterocycles. The molecule has 8 heteroatoms. The van der Waals surface area contributed by atoms with Crippen molar-refractivity contribution >= 4 is 46.2 Å². The summed E-state index contributed by atoms with van der Waals surface area (Å²) in [5.41, 5.74) is -1.44. The minimum absolute atomic E-state index is 0.0929. The number of amides is 2. The summed E-state index contributed by atoms with van der Waals surface area (Å²) in [6.07, 6.45) is 0. The second-order valence-electron chi connectivity index (χ2n) is 6.82. The predicted molar refractivity (Wildman–Crippen MR) is 114 cm³/mol. The van der Waals surface area contributed by atoms with Crippen molar-refractivity contribution in [3.8, 4) is 0 Å². The number of thiocarbonyl (C=S) groups is 1. The van der Waals surface area contributed by atoms with Crippen molar-refractivity contribution in [1.82, 2.24) is 5.32 Å². The molecule has 2 amide bonds. The van der Waals surface area contributed by atoms with Crippen molar-refractivity contribution in [1.29, 1.82) is 0 Å². The number of halogens is 1. The Bertz CT molecular complexity index is 1290. The lowest BCUT2D eigenvalue weighted by molar-refractivity contribution is -0.120. The van der Waals surface area contributed by atoms with Gasteiger partial charge in [0.1, 0.15) is 11.4 Å². The molecular formula is C21H19FN4O2S. The third-order valence-corrected chi connectivity index (χ3v) is 4.98. The van der Waals surface area contributed by atoms with Gasteiger partial charge in [0, 0.05) is 22.5 Å². The second-order valence-corrected chi connectivity index (χ2v) is 7.19. The Balaban J connectivity index is 2.08. The molecule has 0 bridgehead atoms. The summed E-state index contributed by atoms with van der Waals surface area (Å²) < 4.78 is 52.8. The van der Waals surface area contributed by atoms with E-state index < -0.39 is 35.7 Å². The third kappa shape index (κ3) is 3.23. The van der Waals surface area contributed by atoms with Crippen LogP contribution in [-0.2, 0) is 4.79 Å². The van der Waals surface area contributed by atoms with Crippen LogP contribution in [0.15, 0.2) is 36.4 Å². The summed E-state index contributed by atoms with van der Waals surface area (Å²) >= 11 is 5.50. The number of hydrogen-bond acceptors (Lipinski definition) is 3. The van der Waals surface area contributed by atoms with E-state index in [0.29, 0.717) is 0 Å². The SMILES string of the molecule is [2H]c1cc([N+]#[C-])c(C)c([2H])c1N1C(=O)C(C)(C)N(c2ccc(C(=O)NC([2H])([2H])[2H])c(F)c2)C1=S. The number of carbonyl (C=O) groups excluding carboxylic acids is 2. The third-order valence-electron chi connectivity index (χ3n) is 4.62. The van der Waals surface area contributed by atoms with Crippen LogP contribution in [0, 0.1) is 19.3 Å². The van der Waals surface area contributed by atoms with Crippen LogP contribution in [0.25, 0.3) is 4.85 Å². The first-order chi connectivity index (χ1) is 15.6. The summed E-state index contributed by atoms with van der Waals surface area (Å²) in [6.45, 7) is 9.01. The zero-order chi connectivity index (χ0) is 25.7. The average Bonchev–Trinajstić information content (AvgIpc) is 2.88. The molecule has 0 spiro atoms. The highest BCUT2D eigenvalue weighted by Crippen LogP contribution is 2.37. The van der Waals surface area contributed by atoms with Gasteiger partial charge in [-0.15, -0.1) is 0 Å². The molecule has 29 heavy (non-hydrogen) atoms. The molecule has 0 radical (unpaired) electrons. The number of anilines is 2. The molecule has 1 N–H and O–H groups in total. The molecule has 148 valence electrons. The minimum Gasteiger partial charge on any atom is -0.355 e. The highest BCUT2D eigenvalue weighted by atomic mass is 32.1. The monoisotopic (exact) mass is 415 g/mol. The van der Waals surface area contributed by atoms with Gasteiger partial charge in [0.05, 0.1) is 14.9 Å². The minimum atomic E-state index is -2.80. The molecule has 1 aliphatic heterocycles. The Labute approximate surface area is 180 Å². The number of nitrogens with zero attached hydrogens (tertiary/aromatic N) is 3. The van der Waals surface area contributed by atoms with E-state index in [4.69, 9.17) is 25.6 Å². The van der Waals surface area contributed by atoms with Gasteiger partial charge in [-0.2, -0.15) is 0 Å². The van der Waals surface area contributed by atoms with Crippen LogP contribution >= 0.6 is 12.2 Å². The lowest BCUT2D eigenvalue weighted by atomic mass is 10.0. The van der Waals surface area contributed by atoms with Gasteiger partial charge >= 0.3 is 0 Å². The molecule has 0 atom stereocenters. The molecule has 0 unspecified atom stereocenters. The quantitative estimate of drug-likeness (QED) is 0.609. The van der Waals surface area contributed by atoms with E-state index in [0.717, 1.165) is 17.0 Å². The second kappa shape index (κ2) is 7.26. The average molecular weight is 416 g/mol. The maximum absolute atomic E-state index is 14.8. The Morgan fingerprint density at radius 1 is 1.38 bits per heavy atom. The fraction of sp³-hybridized carbons (Fsp3) is 0.238. The molecule has 6 nitrogen and oxygen atoms in total. The molecule has 1 fully saturated rings. The first-order valence-electron chi connectivity index (χ1n) is 10.9. The van der Waals surface area contributed by atoms with E-state index in [9.17, 15) is 14.0 Å². The zero-order valence-corrected chi connectivity index (χ0v) is 16.6.